The van der Waals surface area contributed by atoms with E-state index in [0.29, 0.717) is 5.82 Å². The zero-order chi connectivity index (χ0) is 12.3. The molecule has 1 aromatic heterocycles. The van der Waals surface area contributed by atoms with Crippen LogP contribution in [0.3, 0.4) is 0 Å². The van der Waals surface area contributed by atoms with Gasteiger partial charge in [-0.2, -0.15) is 0 Å². The molecule has 1 aromatic rings. The van der Waals surface area contributed by atoms with E-state index in [1.165, 1.54) is 12.7 Å². The van der Waals surface area contributed by atoms with Crippen molar-refractivity contribution >= 4 is 34.9 Å². The second kappa shape index (κ2) is 5.65. The molecule has 0 radical (unpaired) electrons. The third kappa shape index (κ3) is 3.07. The highest BCUT2D eigenvalue weighted by Gasteiger charge is 2.22. The number of amides is 1. The normalized spacial score (nSPS) is 16.8. The Morgan fingerprint density at radius 3 is 2.65 bits per heavy atom. The first-order chi connectivity index (χ1) is 8.18. The lowest BCUT2D eigenvalue weighted by Crippen LogP contribution is -2.25. The van der Waals surface area contributed by atoms with Crippen molar-refractivity contribution in [1.82, 2.24) is 9.97 Å². The van der Waals surface area contributed by atoms with Crippen LogP contribution in [0.25, 0.3) is 0 Å². The number of halogens is 2. The number of nitrogens with one attached hydrogen (secondary N) is 1. The van der Waals surface area contributed by atoms with E-state index in [0.717, 1.165) is 25.7 Å². The summed E-state index contributed by atoms with van der Waals surface area (Å²) in [5.41, 5.74) is 0. The number of aromatic nitrogens is 2. The van der Waals surface area contributed by atoms with Gasteiger partial charge in [0, 0.05) is 5.92 Å². The van der Waals surface area contributed by atoms with E-state index in [1.54, 1.807) is 0 Å². The van der Waals surface area contributed by atoms with Crippen molar-refractivity contribution in [2.45, 2.75) is 32.1 Å². The Morgan fingerprint density at radius 1 is 1.24 bits per heavy atom. The van der Waals surface area contributed by atoms with Crippen LogP contribution in [0.5, 0.6) is 0 Å². The predicted molar refractivity (Wildman–Crippen MR) is 67.3 cm³/mol. The minimum atomic E-state index is -0.0265. The number of hydrogen-bond donors (Lipinski definition) is 1. The third-order valence-electron chi connectivity index (χ3n) is 2.96. The predicted octanol–water partition coefficient (Wildman–Crippen LogP) is 3.30. The summed E-state index contributed by atoms with van der Waals surface area (Å²) in [4.78, 5) is 19.6. The fraction of sp³-hybridized carbons (Fsp3) is 0.545. The lowest BCUT2D eigenvalue weighted by molar-refractivity contribution is -0.120. The SMILES string of the molecule is O=C(Nc1ncnc(Cl)c1Cl)C1CCCCC1. The summed E-state index contributed by atoms with van der Waals surface area (Å²) in [6.07, 6.45) is 6.58. The molecule has 1 saturated carbocycles. The van der Waals surface area contributed by atoms with Crippen LogP contribution in [0.15, 0.2) is 6.33 Å². The quantitative estimate of drug-likeness (QED) is 0.842. The van der Waals surface area contributed by atoms with E-state index in [1.807, 2.05) is 0 Å². The van der Waals surface area contributed by atoms with E-state index < -0.39 is 0 Å². The maximum absolute atomic E-state index is 12.0. The van der Waals surface area contributed by atoms with Crippen LogP contribution in [0, 0.1) is 5.92 Å². The molecule has 1 fully saturated rings. The Labute approximate surface area is 110 Å². The highest BCUT2D eigenvalue weighted by Crippen LogP contribution is 2.28. The highest BCUT2D eigenvalue weighted by molar-refractivity contribution is 6.42. The Balaban J connectivity index is 2.04. The van der Waals surface area contributed by atoms with E-state index in [4.69, 9.17) is 23.2 Å². The highest BCUT2D eigenvalue weighted by atomic mass is 35.5. The van der Waals surface area contributed by atoms with Gasteiger partial charge in [-0.1, -0.05) is 42.5 Å². The molecule has 92 valence electrons. The van der Waals surface area contributed by atoms with Crippen molar-refractivity contribution in [2.75, 3.05) is 5.32 Å². The molecule has 4 nitrogen and oxygen atoms in total. The summed E-state index contributed by atoms with van der Waals surface area (Å²) in [5.74, 6) is 0.331. The molecule has 0 saturated heterocycles. The first-order valence-electron chi connectivity index (χ1n) is 5.65. The minimum Gasteiger partial charge on any atom is -0.309 e. The molecular formula is C11H13Cl2N3O. The van der Waals surface area contributed by atoms with Gasteiger partial charge in [0.25, 0.3) is 0 Å². The van der Waals surface area contributed by atoms with Gasteiger partial charge in [-0.3, -0.25) is 4.79 Å². The number of carbonyl (C=O) groups is 1. The Kier molecular flexibility index (Phi) is 4.18. The molecule has 0 aromatic carbocycles. The van der Waals surface area contributed by atoms with Crippen LogP contribution in [-0.4, -0.2) is 15.9 Å². The molecule has 1 amide bonds. The zero-order valence-corrected chi connectivity index (χ0v) is 10.8. The summed E-state index contributed by atoms with van der Waals surface area (Å²) in [6.45, 7) is 0. The molecule has 0 aliphatic heterocycles. The maximum atomic E-state index is 12.0. The molecule has 1 aliphatic carbocycles. The van der Waals surface area contributed by atoms with Crippen molar-refractivity contribution in [2.24, 2.45) is 5.92 Å². The topological polar surface area (TPSA) is 54.9 Å². The van der Waals surface area contributed by atoms with Crippen molar-refractivity contribution in [3.8, 4) is 0 Å². The number of carbonyl (C=O) groups excluding carboxylic acids is 1. The molecule has 1 N–H and O–H groups in total. The number of rotatable bonds is 2. The van der Waals surface area contributed by atoms with Gasteiger partial charge in [0.2, 0.25) is 5.91 Å². The molecule has 0 atom stereocenters. The van der Waals surface area contributed by atoms with Crippen molar-refractivity contribution in [3.63, 3.8) is 0 Å². The van der Waals surface area contributed by atoms with Crippen LogP contribution >= 0.6 is 23.2 Å². The standard InChI is InChI=1S/C11H13Cl2N3O/c12-8-9(13)14-6-15-10(8)16-11(17)7-4-2-1-3-5-7/h6-7H,1-5H2,(H,14,15,16,17). The summed E-state index contributed by atoms with van der Waals surface area (Å²) in [7, 11) is 0. The van der Waals surface area contributed by atoms with Crippen LogP contribution in [-0.2, 0) is 4.79 Å². The molecule has 1 heterocycles. The first-order valence-corrected chi connectivity index (χ1v) is 6.41. The molecule has 0 unspecified atom stereocenters. The van der Waals surface area contributed by atoms with Gasteiger partial charge < -0.3 is 5.32 Å². The summed E-state index contributed by atoms with van der Waals surface area (Å²) in [5, 5.41) is 3.06. The molecule has 2 rings (SSSR count). The van der Waals surface area contributed by atoms with Crippen molar-refractivity contribution in [1.29, 1.82) is 0 Å². The smallest absolute Gasteiger partial charge is 0.228 e. The molecule has 0 spiro atoms. The van der Waals surface area contributed by atoms with Gasteiger partial charge in [0.15, 0.2) is 11.0 Å². The molecule has 1 aliphatic rings. The Morgan fingerprint density at radius 2 is 1.94 bits per heavy atom. The van der Waals surface area contributed by atoms with Gasteiger partial charge in [-0.05, 0) is 12.8 Å². The van der Waals surface area contributed by atoms with E-state index in [2.05, 4.69) is 15.3 Å². The molecule has 17 heavy (non-hydrogen) atoms. The second-order valence-electron chi connectivity index (χ2n) is 4.15. The molecule has 6 heteroatoms. The van der Waals surface area contributed by atoms with Gasteiger partial charge in [-0.25, -0.2) is 9.97 Å². The van der Waals surface area contributed by atoms with Gasteiger partial charge in [-0.15, -0.1) is 0 Å². The summed E-state index contributed by atoms with van der Waals surface area (Å²) >= 11 is 11.7. The van der Waals surface area contributed by atoms with E-state index in [-0.39, 0.29) is 22.0 Å². The van der Waals surface area contributed by atoms with Crippen LogP contribution in [0.2, 0.25) is 10.2 Å². The largest absolute Gasteiger partial charge is 0.309 e. The maximum Gasteiger partial charge on any atom is 0.228 e. The zero-order valence-electron chi connectivity index (χ0n) is 9.25. The lowest BCUT2D eigenvalue weighted by Gasteiger charge is -2.20. The fourth-order valence-corrected chi connectivity index (χ4v) is 2.30. The monoisotopic (exact) mass is 273 g/mol. The second-order valence-corrected chi connectivity index (χ2v) is 4.89. The summed E-state index contributed by atoms with van der Waals surface area (Å²) in [6, 6.07) is 0. The van der Waals surface area contributed by atoms with Gasteiger partial charge in [0.1, 0.15) is 11.3 Å². The number of nitrogens with zero attached hydrogens (tertiary/aromatic N) is 2. The third-order valence-corrected chi connectivity index (χ3v) is 3.71. The van der Waals surface area contributed by atoms with E-state index >= 15 is 0 Å². The van der Waals surface area contributed by atoms with Crippen molar-refractivity contribution < 1.29 is 4.79 Å². The average molecular weight is 274 g/mol. The van der Waals surface area contributed by atoms with Crippen LogP contribution < -0.4 is 5.32 Å². The summed E-state index contributed by atoms with van der Waals surface area (Å²) < 4.78 is 0. The van der Waals surface area contributed by atoms with Crippen LogP contribution in [0.1, 0.15) is 32.1 Å². The van der Waals surface area contributed by atoms with E-state index in [9.17, 15) is 4.79 Å². The number of hydrogen-bond acceptors (Lipinski definition) is 3. The first kappa shape index (κ1) is 12.6. The van der Waals surface area contributed by atoms with Gasteiger partial charge >= 0.3 is 0 Å². The lowest BCUT2D eigenvalue weighted by atomic mass is 9.89. The minimum absolute atomic E-state index is 0.0265. The van der Waals surface area contributed by atoms with Crippen molar-refractivity contribution in [3.05, 3.63) is 16.5 Å². The Hall–Kier alpha value is -0.870. The van der Waals surface area contributed by atoms with Gasteiger partial charge in [0.05, 0.1) is 0 Å². The van der Waals surface area contributed by atoms with Crippen LogP contribution in [0.4, 0.5) is 5.82 Å². The average Bonchev–Trinajstić information content (AvgIpc) is 2.36. The Bertz CT molecular complexity index is 419. The molecular weight excluding hydrogens is 261 g/mol. The fourth-order valence-electron chi connectivity index (χ4n) is 2.02. The molecule has 0 bridgehead atoms. The number of anilines is 1.